The zero-order valence-corrected chi connectivity index (χ0v) is 9.26. The van der Waals surface area contributed by atoms with Crippen LogP contribution in [0.25, 0.3) is 0 Å². The number of benzene rings is 1. The van der Waals surface area contributed by atoms with Crippen molar-refractivity contribution in [2.75, 3.05) is 0 Å². The first-order chi connectivity index (χ1) is 8.66. The Morgan fingerprint density at radius 1 is 1.17 bits per heavy atom. The molecule has 6 heteroatoms. The van der Waals surface area contributed by atoms with E-state index in [9.17, 15) is 15.2 Å². The largest absolute Gasteiger partial charge is 0.854 e. The smallest absolute Gasteiger partial charge is 0.270 e. The molecule has 0 N–H and O–H groups in total. The van der Waals surface area contributed by atoms with Gasteiger partial charge in [0.25, 0.3) is 5.69 Å². The zero-order valence-electron chi connectivity index (χ0n) is 9.26. The fourth-order valence-electron chi connectivity index (χ4n) is 1.37. The third kappa shape index (κ3) is 2.67. The number of pyridine rings is 1. The van der Waals surface area contributed by atoms with Crippen LogP contribution in [0, 0.1) is 10.1 Å². The number of nitrogens with zero attached hydrogens (tertiary/aromatic N) is 3. The summed E-state index contributed by atoms with van der Waals surface area (Å²) in [6.45, 7) is 0. The molecule has 0 aliphatic heterocycles. The minimum atomic E-state index is -0.549. The van der Waals surface area contributed by atoms with E-state index in [0.29, 0.717) is 0 Å². The Morgan fingerprint density at radius 3 is 2.56 bits per heavy atom. The van der Waals surface area contributed by atoms with Crippen LogP contribution in [0.1, 0.15) is 5.56 Å². The van der Waals surface area contributed by atoms with Gasteiger partial charge in [0.2, 0.25) is 12.4 Å². The van der Waals surface area contributed by atoms with Crippen molar-refractivity contribution < 1.29 is 14.7 Å². The molecular weight excluding hydrogens is 234 g/mol. The van der Waals surface area contributed by atoms with Crippen LogP contribution in [0.5, 0.6) is 0 Å². The molecule has 0 aliphatic rings. The molecule has 1 aromatic heterocycles. The molecule has 1 heterocycles. The van der Waals surface area contributed by atoms with Crippen molar-refractivity contribution >= 4 is 11.6 Å². The number of non-ortho nitro benzene ring substituents is 1. The van der Waals surface area contributed by atoms with Crippen LogP contribution in [0.2, 0.25) is 0 Å². The van der Waals surface area contributed by atoms with Gasteiger partial charge in [-0.3, -0.25) is 10.1 Å². The van der Waals surface area contributed by atoms with E-state index >= 15 is 0 Å². The Hall–Kier alpha value is -2.76. The van der Waals surface area contributed by atoms with Crippen LogP contribution in [-0.2, 0) is 0 Å². The standard InChI is InChI=1S/C12H9N3O3/c16-12(13-14-7-2-1-3-8-14)10-5-4-6-11(9-10)15(17)18/h1-9H. The SMILES string of the molecule is O=[N+]([O-])c1cccc(C([O-])=N[n+]2ccccc2)c1. The highest BCUT2D eigenvalue weighted by molar-refractivity contribution is 5.90. The summed E-state index contributed by atoms with van der Waals surface area (Å²) >= 11 is 0. The Morgan fingerprint density at radius 2 is 1.89 bits per heavy atom. The van der Waals surface area contributed by atoms with Crippen LogP contribution >= 0.6 is 0 Å². The summed E-state index contributed by atoms with van der Waals surface area (Å²) in [4.78, 5) is 10.0. The van der Waals surface area contributed by atoms with Gasteiger partial charge >= 0.3 is 0 Å². The maximum absolute atomic E-state index is 11.8. The highest BCUT2D eigenvalue weighted by atomic mass is 16.6. The second-order valence-corrected chi connectivity index (χ2v) is 3.47. The van der Waals surface area contributed by atoms with Crippen molar-refractivity contribution in [3.05, 3.63) is 70.5 Å². The Labute approximate surface area is 103 Å². The first-order valence-corrected chi connectivity index (χ1v) is 5.14. The van der Waals surface area contributed by atoms with Gasteiger partial charge in [-0.25, -0.2) is 0 Å². The molecule has 0 fully saturated rings. The zero-order chi connectivity index (χ0) is 13.0. The van der Waals surface area contributed by atoms with Crippen LogP contribution in [0.15, 0.2) is 60.0 Å². The van der Waals surface area contributed by atoms with Gasteiger partial charge in [0, 0.05) is 24.3 Å². The van der Waals surface area contributed by atoms with Gasteiger partial charge in [0.05, 0.1) is 10.8 Å². The van der Waals surface area contributed by atoms with Crippen molar-refractivity contribution in [1.82, 2.24) is 0 Å². The molecule has 1 aromatic carbocycles. The summed E-state index contributed by atoms with van der Waals surface area (Å²) in [5.74, 6) is -0.532. The minimum Gasteiger partial charge on any atom is -0.854 e. The average molecular weight is 243 g/mol. The first-order valence-electron chi connectivity index (χ1n) is 5.14. The van der Waals surface area contributed by atoms with E-state index < -0.39 is 10.8 Å². The van der Waals surface area contributed by atoms with Crippen molar-refractivity contribution in [3.8, 4) is 0 Å². The predicted molar refractivity (Wildman–Crippen MR) is 61.7 cm³/mol. The molecule has 6 nitrogen and oxygen atoms in total. The van der Waals surface area contributed by atoms with Gasteiger partial charge < -0.3 is 5.11 Å². The van der Waals surface area contributed by atoms with Crippen molar-refractivity contribution in [1.29, 1.82) is 0 Å². The van der Waals surface area contributed by atoms with Crippen LogP contribution in [0.4, 0.5) is 5.69 Å². The molecule has 0 spiro atoms. The number of nitro groups is 1. The fraction of sp³-hybridized carbons (Fsp3) is 0. The normalized spacial score (nSPS) is 11.2. The molecule has 2 rings (SSSR count). The average Bonchev–Trinajstić information content (AvgIpc) is 2.40. The summed E-state index contributed by atoms with van der Waals surface area (Å²) in [5, 5.41) is 26.2. The topological polar surface area (TPSA) is 82.4 Å². The molecule has 0 aliphatic carbocycles. The molecule has 90 valence electrons. The Kier molecular flexibility index (Phi) is 3.29. The highest BCUT2D eigenvalue weighted by Crippen LogP contribution is 2.12. The van der Waals surface area contributed by atoms with E-state index in [-0.39, 0.29) is 11.3 Å². The Bertz CT molecular complexity index is 597. The maximum atomic E-state index is 11.8. The molecule has 0 amide bonds. The Balaban J connectivity index is 2.34. The molecule has 0 atom stereocenters. The number of aromatic nitrogens is 1. The van der Waals surface area contributed by atoms with Gasteiger partial charge in [-0.1, -0.05) is 22.9 Å². The lowest BCUT2D eigenvalue weighted by Crippen LogP contribution is -2.33. The van der Waals surface area contributed by atoms with Crippen LogP contribution in [-0.4, -0.2) is 10.8 Å². The summed E-state index contributed by atoms with van der Waals surface area (Å²) < 4.78 is 1.35. The molecular formula is C12H9N3O3. The predicted octanol–water partition coefficient (Wildman–Crippen LogP) is 0.452. The summed E-state index contributed by atoms with van der Waals surface area (Å²) in [7, 11) is 0. The van der Waals surface area contributed by atoms with Crippen molar-refractivity contribution in [2.45, 2.75) is 0 Å². The molecule has 0 bridgehead atoms. The number of rotatable bonds is 3. The third-order valence-corrected chi connectivity index (χ3v) is 2.21. The summed E-state index contributed by atoms with van der Waals surface area (Å²) in [6, 6.07) is 10.7. The van der Waals surface area contributed by atoms with E-state index in [1.54, 1.807) is 30.6 Å². The molecule has 0 radical (unpaired) electrons. The lowest BCUT2D eigenvalue weighted by molar-refractivity contribution is -0.681. The van der Waals surface area contributed by atoms with Gasteiger partial charge in [-0.05, 0) is 10.7 Å². The van der Waals surface area contributed by atoms with E-state index in [1.165, 1.54) is 28.9 Å². The minimum absolute atomic E-state index is 0.130. The van der Waals surface area contributed by atoms with Crippen LogP contribution < -0.4 is 9.78 Å². The van der Waals surface area contributed by atoms with Gasteiger partial charge in [-0.15, -0.1) is 0 Å². The molecule has 2 aromatic rings. The second-order valence-electron chi connectivity index (χ2n) is 3.47. The quantitative estimate of drug-likeness (QED) is 0.258. The number of hydrogen-bond donors (Lipinski definition) is 0. The summed E-state index contributed by atoms with van der Waals surface area (Å²) in [6.07, 6.45) is 3.21. The first kappa shape index (κ1) is 11.7. The molecule has 0 saturated heterocycles. The molecule has 18 heavy (non-hydrogen) atoms. The van der Waals surface area contributed by atoms with E-state index in [1.807, 2.05) is 0 Å². The summed E-state index contributed by atoms with van der Waals surface area (Å²) in [5.41, 5.74) is 0.0506. The van der Waals surface area contributed by atoms with E-state index in [0.717, 1.165) is 0 Å². The lowest BCUT2D eigenvalue weighted by Gasteiger charge is -2.06. The van der Waals surface area contributed by atoms with E-state index in [2.05, 4.69) is 5.10 Å². The lowest BCUT2D eigenvalue weighted by atomic mass is 10.2. The van der Waals surface area contributed by atoms with Gasteiger partial charge in [0.15, 0.2) is 0 Å². The maximum Gasteiger partial charge on any atom is 0.270 e. The second kappa shape index (κ2) is 5.05. The van der Waals surface area contributed by atoms with Crippen molar-refractivity contribution in [2.24, 2.45) is 5.10 Å². The fourth-order valence-corrected chi connectivity index (χ4v) is 1.37. The van der Waals surface area contributed by atoms with E-state index in [4.69, 9.17) is 0 Å². The van der Waals surface area contributed by atoms with Gasteiger partial charge in [-0.2, -0.15) is 0 Å². The highest BCUT2D eigenvalue weighted by Gasteiger charge is 2.06. The third-order valence-electron chi connectivity index (χ3n) is 2.21. The monoisotopic (exact) mass is 243 g/mol. The number of nitro benzene ring substituents is 1. The number of hydrogen-bond acceptors (Lipinski definition) is 4. The van der Waals surface area contributed by atoms with Crippen LogP contribution in [0.3, 0.4) is 0 Å². The molecule has 0 unspecified atom stereocenters. The molecule has 0 saturated carbocycles. The van der Waals surface area contributed by atoms with Gasteiger partial charge in [0.1, 0.15) is 0 Å². The van der Waals surface area contributed by atoms with Crippen molar-refractivity contribution in [3.63, 3.8) is 0 Å².